The van der Waals surface area contributed by atoms with E-state index >= 15 is 0 Å². The predicted octanol–water partition coefficient (Wildman–Crippen LogP) is 13.3. The van der Waals surface area contributed by atoms with Gasteiger partial charge in [-0.05, 0) is 98.4 Å². The largest absolute Gasteiger partial charge is 0.310 e. The fourth-order valence-electron chi connectivity index (χ4n) is 7.82. The van der Waals surface area contributed by atoms with E-state index < -0.39 is 0 Å². The van der Waals surface area contributed by atoms with Gasteiger partial charge in [-0.3, -0.25) is 0 Å². The van der Waals surface area contributed by atoms with Gasteiger partial charge in [0, 0.05) is 33.5 Å². The number of benzene rings is 9. The van der Waals surface area contributed by atoms with Crippen LogP contribution in [0.25, 0.3) is 71.3 Å². The molecule has 0 aliphatic rings. The van der Waals surface area contributed by atoms with Gasteiger partial charge in [-0.1, -0.05) is 140 Å². The molecule has 0 unspecified atom stereocenters. The number of hydrogen-bond donors (Lipinski definition) is 0. The summed E-state index contributed by atoms with van der Waals surface area (Å²) in [4.78, 5) is 2.37. The van der Waals surface area contributed by atoms with Crippen molar-refractivity contribution in [1.29, 1.82) is 0 Å². The zero-order valence-electron chi connectivity index (χ0n) is 27.4. The number of aromatic nitrogens is 1. The van der Waals surface area contributed by atoms with E-state index in [0.717, 1.165) is 22.7 Å². The molecule has 0 spiro atoms. The fraction of sp³-hybridized carbons (Fsp3) is 0. The van der Waals surface area contributed by atoms with Crippen LogP contribution in [0.4, 0.5) is 17.1 Å². The third-order valence-electron chi connectivity index (χ3n) is 10.1. The maximum Gasteiger partial charge on any atom is 0.0547 e. The molecule has 10 rings (SSSR count). The zero-order valence-corrected chi connectivity index (χ0v) is 27.4. The average molecular weight is 637 g/mol. The maximum absolute atomic E-state index is 2.43. The molecule has 0 aliphatic carbocycles. The number of fused-ring (bicyclic) bond motifs is 1. The van der Waals surface area contributed by atoms with Crippen molar-refractivity contribution in [3.63, 3.8) is 0 Å². The van der Waals surface area contributed by atoms with E-state index in [9.17, 15) is 0 Å². The van der Waals surface area contributed by atoms with E-state index in [4.69, 9.17) is 0 Å². The Morgan fingerprint density at radius 3 is 1.58 bits per heavy atom. The predicted molar refractivity (Wildman–Crippen MR) is 213 cm³/mol. The van der Waals surface area contributed by atoms with E-state index in [0.29, 0.717) is 0 Å². The molecule has 10 aromatic rings. The Hall–Kier alpha value is -6.64. The summed E-state index contributed by atoms with van der Waals surface area (Å²) in [6, 6.07) is 70.4. The first-order valence-corrected chi connectivity index (χ1v) is 17.2. The molecule has 0 radical (unpaired) electrons. The van der Waals surface area contributed by atoms with Crippen molar-refractivity contribution in [1.82, 2.24) is 4.57 Å². The van der Waals surface area contributed by atoms with Crippen LogP contribution in [0.3, 0.4) is 0 Å². The Morgan fingerprint density at radius 1 is 0.340 bits per heavy atom. The van der Waals surface area contributed by atoms with Gasteiger partial charge < -0.3 is 9.47 Å². The second kappa shape index (κ2) is 11.5. The summed E-state index contributed by atoms with van der Waals surface area (Å²) in [5.41, 5.74) is 11.8. The lowest BCUT2D eigenvalue weighted by Gasteiger charge is -2.26. The Labute approximate surface area is 291 Å². The van der Waals surface area contributed by atoms with Crippen molar-refractivity contribution >= 4 is 60.4 Å². The molecule has 0 fully saturated rings. The summed E-state index contributed by atoms with van der Waals surface area (Å²) >= 11 is 0. The quantitative estimate of drug-likeness (QED) is 0.165. The standard InChI is InChI=1S/C48H32N2/c1-2-10-33(11-3-1)34-24-28-39(29-25-34)49(40-30-26-36(27-31-40)44-19-6-13-35-12-4-5-18-43(35)44)41-16-9-17-42(32-41)50-45-20-7-14-37-22-23-38-15-8-21-46(50)48(38)47(37)45/h1-32H. The first-order valence-electron chi connectivity index (χ1n) is 17.2. The minimum absolute atomic E-state index is 1.10. The molecule has 0 bridgehead atoms. The Balaban J connectivity index is 1.13. The lowest BCUT2D eigenvalue weighted by atomic mass is 9.98. The summed E-state index contributed by atoms with van der Waals surface area (Å²) in [5.74, 6) is 0. The Kier molecular flexibility index (Phi) is 6.53. The van der Waals surface area contributed by atoms with Crippen molar-refractivity contribution in [2.45, 2.75) is 0 Å². The van der Waals surface area contributed by atoms with Gasteiger partial charge in [0.2, 0.25) is 0 Å². The second-order valence-electron chi connectivity index (χ2n) is 13.0. The highest BCUT2D eigenvalue weighted by atomic mass is 15.1. The zero-order chi connectivity index (χ0) is 33.0. The minimum atomic E-state index is 1.10. The number of hydrogen-bond acceptors (Lipinski definition) is 1. The molecular formula is C48H32N2. The summed E-state index contributed by atoms with van der Waals surface area (Å²) in [6.07, 6.45) is 0. The minimum Gasteiger partial charge on any atom is -0.310 e. The second-order valence-corrected chi connectivity index (χ2v) is 13.0. The number of anilines is 3. The number of nitrogens with zero attached hydrogens (tertiary/aromatic N) is 2. The van der Waals surface area contributed by atoms with Crippen LogP contribution in [0.2, 0.25) is 0 Å². The van der Waals surface area contributed by atoms with Crippen LogP contribution >= 0.6 is 0 Å². The first-order chi connectivity index (χ1) is 24.8. The molecule has 50 heavy (non-hydrogen) atoms. The van der Waals surface area contributed by atoms with E-state index in [1.165, 1.54) is 65.6 Å². The van der Waals surface area contributed by atoms with Gasteiger partial charge in [0.05, 0.1) is 11.0 Å². The smallest absolute Gasteiger partial charge is 0.0547 e. The van der Waals surface area contributed by atoms with Crippen LogP contribution in [-0.4, -0.2) is 4.57 Å². The molecule has 0 N–H and O–H groups in total. The lowest BCUT2D eigenvalue weighted by Crippen LogP contribution is -2.10. The van der Waals surface area contributed by atoms with Crippen molar-refractivity contribution < 1.29 is 0 Å². The van der Waals surface area contributed by atoms with Crippen molar-refractivity contribution in [2.24, 2.45) is 0 Å². The van der Waals surface area contributed by atoms with Crippen LogP contribution in [0.15, 0.2) is 194 Å². The summed E-state index contributed by atoms with van der Waals surface area (Å²) in [6.45, 7) is 0. The summed E-state index contributed by atoms with van der Waals surface area (Å²) in [7, 11) is 0. The molecule has 0 amide bonds. The van der Waals surface area contributed by atoms with E-state index in [2.05, 4.69) is 204 Å². The van der Waals surface area contributed by atoms with Gasteiger partial charge in [0.25, 0.3) is 0 Å². The van der Waals surface area contributed by atoms with E-state index in [1.807, 2.05) is 0 Å². The van der Waals surface area contributed by atoms with Gasteiger partial charge in [-0.25, -0.2) is 0 Å². The molecule has 0 aliphatic heterocycles. The molecule has 0 saturated carbocycles. The van der Waals surface area contributed by atoms with Gasteiger partial charge >= 0.3 is 0 Å². The van der Waals surface area contributed by atoms with Crippen molar-refractivity contribution in [3.8, 4) is 27.9 Å². The summed E-state index contributed by atoms with van der Waals surface area (Å²) in [5, 5.41) is 7.70. The van der Waals surface area contributed by atoms with E-state index in [1.54, 1.807) is 0 Å². The van der Waals surface area contributed by atoms with Crippen molar-refractivity contribution in [2.75, 3.05) is 4.90 Å². The normalized spacial score (nSPS) is 11.6. The molecule has 2 nitrogen and oxygen atoms in total. The van der Waals surface area contributed by atoms with Crippen LogP contribution in [0, 0.1) is 0 Å². The third-order valence-corrected chi connectivity index (χ3v) is 10.1. The number of rotatable bonds is 6. The average Bonchev–Trinajstić information content (AvgIpc) is 3.54. The molecule has 1 heterocycles. The van der Waals surface area contributed by atoms with Crippen LogP contribution in [-0.2, 0) is 0 Å². The van der Waals surface area contributed by atoms with Gasteiger partial charge in [0.15, 0.2) is 0 Å². The highest BCUT2D eigenvalue weighted by Gasteiger charge is 2.19. The van der Waals surface area contributed by atoms with Gasteiger partial charge in [0.1, 0.15) is 0 Å². The highest BCUT2D eigenvalue weighted by Crippen LogP contribution is 2.42. The molecule has 1 aromatic heterocycles. The Bertz CT molecular complexity index is 2720. The topological polar surface area (TPSA) is 8.17 Å². The lowest BCUT2D eigenvalue weighted by molar-refractivity contribution is 1.17. The monoisotopic (exact) mass is 636 g/mol. The molecule has 234 valence electrons. The molecule has 0 atom stereocenters. The van der Waals surface area contributed by atoms with Gasteiger partial charge in [-0.2, -0.15) is 0 Å². The van der Waals surface area contributed by atoms with Gasteiger partial charge in [-0.15, -0.1) is 0 Å². The van der Waals surface area contributed by atoms with Crippen LogP contribution in [0.5, 0.6) is 0 Å². The first kappa shape index (κ1) is 28.4. The molecule has 0 saturated heterocycles. The Morgan fingerprint density at radius 2 is 0.880 bits per heavy atom. The fourth-order valence-corrected chi connectivity index (χ4v) is 7.82. The molecule has 9 aromatic carbocycles. The molecule has 2 heteroatoms. The summed E-state index contributed by atoms with van der Waals surface area (Å²) < 4.78 is 2.43. The SMILES string of the molecule is c1ccc(-c2ccc(N(c3ccc(-c4cccc5ccccc45)cc3)c3cccc(-n4c5cccc6ccc7cccc4c7c65)c3)cc2)cc1. The maximum atomic E-state index is 2.43. The highest BCUT2D eigenvalue weighted by molar-refractivity contribution is 6.24. The third kappa shape index (κ3) is 4.57. The molecular weight excluding hydrogens is 605 g/mol. The van der Waals surface area contributed by atoms with Crippen LogP contribution in [0.1, 0.15) is 0 Å². The van der Waals surface area contributed by atoms with Crippen molar-refractivity contribution in [3.05, 3.63) is 194 Å². The van der Waals surface area contributed by atoms with E-state index in [-0.39, 0.29) is 0 Å². The van der Waals surface area contributed by atoms with Crippen LogP contribution < -0.4 is 4.90 Å².